The Kier molecular flexibility index (Phi) is 7.76. The van der Waals surface area contributed by atoms with Crippen molar-refractivity contribution in [2.75, 3.05) is 13.7 Å². The largest absolute Gasteiger partial charge is 0.494 e. The van der Waals surface area contributed by atoms with E-state index in [1.807, 2.05) is 0 Å². The zero-order valence-electron chi connectivity index (χ0n) is 19.9. The van der Waals surface area contributed by atoms with Crippen LogP contribution in [-0.2, 0) is 0 Å². The van der Waals surface area contributed by atoms with Gasteiger partial charge in [-0.15, -0.1) is 0 Å². The highest BCUT2D eigenvalue weighted by molar-refractivity contribution is 5.67. The van der Waals surface area contributed by atoms with Gasteiger partial charge in [-0.3, -0.25) is 0 Å². The Bertz CT molecular complexity index is 1420. The number of halogens is 6. The molecule has 0 amide bonds. The summed E-state index contributed by atoms with van der Waals surface area (Å²) in [4.78, 5) is 0. The van der Waals surface area contributed by atoms with Crippen molar-refractivity contribution >= 4 is 0 Å². The second kappa shape index (κ2) is 11.0. The fourth-order valence-corrected chi connectivity index (χ4v) is 3.88. The van der Waals surface area contributed by atoms with Crippen LogP contribution in [0.3, 0.4) is 0 Å². The molecule has 4 aromatic carbocycles. The van der Waals surface area contributed by atoms with Gasteiger partial charge in [0.2, 0.25) is 5.82 Å². The number of rotatable bonds is 8. The molecule has 0 bridgehead atoms. The van der Waals surface area contributed by atoms with Gasteiger partial charge in [-0.05, 0) is 53.4 Å². The summed E-state index contributed by atoms with van der Waals surface area (Å²) in [7, 11) is 1.20. The van der Waals surface area contributed by atoms with Crippen molar-refractivity contribution in [3.05, 3.63) is 107 Å². The third-order valence-corrected chi connectivity index (χ3v) is 6.00. The summed E-state index contributed by atoms with van der Waals surface area (Å²) in [6, 6.07) is 15.0. The van der Waals surface area contributed by atoms with Gasteiger partial charge in [-0.2, -0.15) is 4.39 Å². The minimum atomic E-state index is -1.45. The summed E-state index contributed by atoms with van der Waals surface area (Å²) < 4.78 is 95.7. The smallest absolute Gasteiger partial charge is 0.201 e. The molecule has 0 saturated heterocycles. The molecule has 0 saturated carbocycles. The molecule has 2 nitrogen and oxygen atoms in total. The first-order valence-corrected chi connectivity index (χ1v) is 11.3. The van der Waals surface area contributed by atoms with Crippen LogP contribution in [0.5, 0.6) is 11.5 Å². The molecular weight excluding hydrogens is 494 g/mol. The Balaban J connectivity index is 1.39. The number of hydrogen-bond acceptors (Lipinski definition) is 2. The molecule has 1 atom stereocenters. The van der Waals surface area contributed by atoms with E-state index in [-0.39, 0.29) is 46.8 Å². The van der Waals surface area contributed by atoms with Crippen LogP contribution >= 0.6 is 0 Å². The topological polar surface area (TPSA) is 18.5 Å². The standard InChI is InChI=1S/C29H22F6O2/c1-16-3-9-20(27(33)26(16)32)17-4-6-18(7-5-17)22(30)13-14-37-24-11-8-19(15-23(24)31)21-10-12-25(36-2)29(35)28(21)34/h3-12,15,22H,13-14H2,1-2H3. The van der Waals surface area contributed by atoms with Gasteiger partial charge in [0.1, 0.15) is 6.17 Å². The minimum absolute atomic E-state index is 0.0737. The molecule has 0 radical (unpaired) electrons. The predicted octanol–water partition coefficient (Wildman–Crippen LogP) is 8.51. The predicted molar refractivity (Wildman–Crippen MR) is 129 cm³/mol. The lowest BCUT2D eigenvalue weighted by molar-refractivity contribution is 0.231. The Morgan fingerprint density at radius 1 is 0.676 bits per heavy atom. The fraction of sp³-hybridized carbons (Fsp3) is 0.172. The van der Waals surface area contributed by atoms with Crippen molar-refractivity contribution in [1.82, 2.24) is 0 Å². The monoisotopic (exact) mass is 516 g/mol. The number of hydrogen-bond donors (Lipinski definition) is 0. The zero-order chi connectivity index (χ0) is 26.7. The molecule has 37 heavy (non-hydrogen) atoms. The SMILES string of the molecule is COc1ccc(-c2ccc(OCCC(F)c3ccc(-c4ccc(C)c(F)c4F)cc3)c(F)c2)c(F)c1F. The third kappa shape index (κ3) is 5.43. The molecule has 4 rings (SSSR count). The lowest BCUT2D eigenvalue weighted by Crippen LogP contribution is -2.04. The molecule has 0 aliphatic carbocycles. The number of benzene rings is 4. The van der Waals surface area contributed by atoms with Gasteiger partial charge in [-0.1, -0.05) is 42.5 Å². The van der Waals surface area contributed by atoms with Gasteiger partial charge in [0.05, 0.1) is 13.7 Å². The normalized spacial score (nSPS) is 11.9. The molecule has 0 spiro atoms. The summed E-state index contributed by atoms with van der Waals surface area (Å²) in [6.07, 6.45) is -1.56. The highest BCUT2D eigenvalue weighted by Crippen LogP contribution is 2.33. The highest BCUT2D eigenvalue weighted by Gasteiger charge is 2.18. The lowest BCUT2D eigenvalue weighted by Gasteiger charge is -2.13. The third-order valence-electron chi connectivity index (χ3n) is 6.00. The van der Waals surface area contributed by atoms with Crippen molar-refractivity contribution in [3.63, 3.8) is 0 Å². The van der Waals surface area contributed by atoms with E-state index in [1.54, 1.807) is 0 Å². The molecule has 0 heterocycles. The van der Waals surface area contributed by atoms with Gasteiger partial charge < -0.3 is 9.47 Å². The van der Waals surface area contributed by atoms with Crippen LogP contribution in [0.25, 0.3) is 22.3 Å². The van der Waals surface area contributed by atoms with Crippen LogP contribution in [0.4, 0.5) is 26.3 Å². The van der Waals surface area contributed by atoms with Crippen molar-refractivity contribution < 1.29 is 35.8 Å². The Labute approximate surface area is 210 Å². The van der Waals surface area contributed by atoms with Gasteiger partial charge in [-0.25, -0.2) is 22.0 Å². The van der Waals surface area contributed by atoms with Gasteiger partial charge in [0.25, 0.3) is 0 Å². The van der Waals surface area contributed by atoms with E-state index in [2.05, 4.69) is 0 Å². The molecule has 4 aromatic rings. The van der Waals surface area contributed by atoms with Crippen molar-refractivity contribution in [2.24, 2.45) is 0 Å². The van der Waals surface area contributed by atoms with Gasteiger partial charge in [0, 0.05) is 17.5 Å². The summed E-state index contributed by atoms with van der Waals surface area (Å²) in [5.41, 5.74) is 0.910. The molecule has 0 aliphatic rings. The average molecular weight is 516 g/mol. The van der Waals surface area contributed by atoms with E-state index in [9.17, 15) is 26.3 Å². The molecular formula is C29H22F6O2. The van der Waals surface area contributed by atoms with Crippen LogP contribution < -0.4 is 9.47 Å². The van der Waals surface area contributed by atoms with E-state index < -0.39 is 35.3 Å². The van der Waals surface area contributed by atoms with E-state index in [0.29, 0.717) is 11.1 Å². The average Bonchev–Trinajstić information content (AvgIpc) is 2.90. The Morgan fingerprint density at radius 2 is 1.27 bits per heavy atom. The number of methoxy groups -OCH3 is 1. The first-order valence-electron chi connectivity index (χ1n) is 11.3. The van der Waals surface area contributed by atoms with E-state index in [1.165, 1.54) is 74.7 Å². The van der Waals surface area contributed by atoms with Crippen molar-refractivity contribution in [2.45, 2.75) is 19.5 Å². The summed E-state index contributed by atoms with van der Waals surface area (Å²) in [6.45, 7) is 1.30. The highest BCUT2D eigenvalue weighted by atomic mass is 19.2. The van der Waals surface area contributed by atoms with Crippen molar-refractivity contribution in [1.29, 1.82) is 0 Å². The van der Waals surface area contributed by atoms with Crippen LogP contribution in [0, 0.1) is 36.0 Å². The van der Waals surface area contributed by atoms with Crippen LogP contribution in [0.2, 0.25) is 0 Å². The van der Waals surface area contributed by atoms with Gasteiger partial charge in [0.15, 0.2) is 34.8 Å². The van der Waals surface area contributed by atoms with Crippen LogP contribution in [0.15, 0.2) is 66.7 Å². The second-order valence-corrected chi connectivity index (χ2v) is 8.37. The molecule has 0 aliphatic heterocycles. The molecule has 0 N–H and O–H groups in total. The molecule has 8 heteroatoms. The number of aryl methyl sites for hydroxylation is 1. The van der Waals surface area contributed by atoms with E-state index >= 15 is 0 Å². The summed E-state index contributed by atoms with van der Waals surface area (Å²) >= 11 is 0. The zero-order valence-corrected chi connectivity index (χ0v) is 19.9. The fourth-order valence-electron chi connectivity index (χ4n) is 3.88. The second-order valence-electron chi connectivity index (χ2n) is 8.37. The van der Waals surface area contributed by atoms with Crippen molar-refractivity contribution in [3.8, 4) is 33.8 Å². The number of ether oxygens (including phenoxy) is 2. The molecule has 1 unspecified atom stereocenters. The number of alkyl halides is 1. The molecule has 0 aromatic heterocycles. The minimum Gasteiger partial charge on any atom is -0.494 e. The first-order chi connectivity index (χ1) is 17.7. The summed E-state index contributed by atoms with van der Waals surface area (Å²) in [5, 5.41) is 0. The summed E-state index contributed by atoms with van der Waals surface area (Å²) in [5.74, 6) is -5.51. The maximum absolute atomic E-state index is 14.7. The molecule has 192 valence electrons. The van der Waals surface area contributed by atoms with E-state index in [4.69, 9.17) is 9.47 Å². The Hall–Kier alpha value is -3.94. The molecule has 0 fully saturated rings. The first kappa shape index (κ1) is 26.1. The quantitative estimate of drug-likeness (QED) is 0.219. The van der Waals surface area contributed by atoms with E-state index in [0.717, 1.165) is 6.07 Å². The maximum atomic E-state index is 14.7. The lowest BCUT2D eigenvalue weighted by atomic mass is 10.00. The Morgan fingerprint density at radius 3 is 1.95 bits per heavy atom. The van der Waals surface area contributed by atoms with Crippen LogP contribution in [0.1, 0.15) is 23.7 Å². The van der Waals surface area contributed by atoms with Crippen LogP contribution in [-0.4, -0.2) is 13.7 Å². The van der Waals surface area contributed by atoms with Gasteiger partial charge >= 0.3 is 0 Å². The maximum Gasteiger partial charge on any atom is 0.201 e.